The zero-order valence-electron chi connectivity index (χ0n) is 14.8. The van der Waals surface area contributed by atoms with E-state index in [4.69, 9.17) is 4.74 Å². The van der Waals surface area contributed by atoms with Crippen LogP contribution in [0.2, 0.25) is 0 Å². The average Bonchev–Trinajstić information content (AvgIpc) is 2.56. The van der Waals surface area contributed by atoms with Crippen molar-refractivity contribution in [3.63, 3.8) is 0 Å². The van der Waals surface area contributed by atoms with E-state index in [-0.39, 0.29) is 42.9 Å². The first kappa shape index (κ1) is 19.6. The lowest BCUT2D eigenvalue weighted by atomic mass is 9.94. The first-order valence-corrected chi connectivity index (χ1v) is 8.57. The minimum Gasteiger partial charge on any atom is -0.508 e. The second kappa shape index (κ2) is 8.12. The Morgan fingerprint density at radius 1 is 0.962 bits per heavy atom. The number of carbonyl (C=O) groups is 4. The zero-order valence-corrected chi connectivity index (χ0v) is 14.8. The summed E-state index contributed by atoms with van der Waals surface area (Å²) in [6.07, 6.45) is -0.160. The fourth-order valence-corrected chi connectivity index (χ4v) is 2.86. The maximum Gasteiger partial charge on any atom is 0.342 e. The van der Waals surface area contributed by atoms with Crippen molar-refractivity contribution in [3.05, 3.63) is 23.3 Å². The number of aromatic hydroxyl groups is 2. The lowest BCUT2D eigenvalue weighted by Gasteiger charge is -2.21. The normalized spacial score (nSPS) is 23.2. The molecule has 2 rings (SSSR count). The van der Waals surface area contributed by atoms with Gasteiger partial charge in [0.1, 0.15) is 23.2 Å². The maximum absolute atomic E-state index is 12.5. The molecule has 0 bridgehead atoms. The van der Waals surface area contributed by atoms with Crippen molar-refractivity contribution in [2.24, 2.45) is 5.92 Å². The van der Waals surface area contributed by atoms with Gasteiger partial charge in [-0.2, -0.15) is 0 Å². The third kappa shape index (κ3) is 4.47. The van der Waals surface area contributed by atoms with Gasteiger partial charge in [-0.3, -0.25) is 14.4 Å². The molecule has 0 aromatic heterocycles. The van der Waals surface area contributed by atoms with Crippen LogP contribution in [0.15, 0.2) is 12.1 Å². The standard InChI is InChI=1S/C19H22O7/c1-10-6-7-15(22)18(24)14(21)5-3-4-12-8-13(20)9-16(23)17(12)19(25)26-11(10)2/h8-11,20,23H,3-7H2,1-2H3/t10-,11+/m1/s1. The van der Waals surface area contributed by atoms with Crippen molar-refractivity contribution in [3.8, 4) is 11.5 Å². The Morgan fingerprint density at radius 2 is 1.62 bits per heavy atom. The first-order chi connectivity index (χ1) is 12.2. The van der Waals surface area contributed by atoms with Crippen molar-refractivity contribution in [1.82, 2.24) is 0 Å². The third-order valence-electron chi connectivity index (χ3n) is 4.67. The summed E-state index contributed by atoms with van der Waals surface area (Å²) in [5, 5.41) is 19.7. The van der Waals surface area contributed by atoms with Crippen LogP contribution in [0.25, 0.3) is 0 Å². The summed E-state index contributed by atoms with van der Waals surface area (Å²) < 4.78 is 5.39. The molecule has 2 N–H and O–H groups in total. The van der Waals surface area contributed by atoms with Crippen LogP contribution >= 0.6 is 0 Å². The Kier molecular flexibility index (Phi) is 6.13. The summed E-state index contributed by atoms with van der Waals surface area (Å²) in [7, 11) is 0. The molecule has 0 saturated carbocycles. The van der Waals surface area contributed by atoms with Gasteiger partial charge in [-0.05, 0) is 43.7 Å². The number of hydrogen-bond donors (Lipinski definition) is 2. The van der Waals surface area contributed by atoms with Crippen LogP contribution in [0.4, 0.5) is 0 Å². The van der Waals surface area contributed by atoms with E-state index in [9.17, 15) is 29.4 Å². The molecule has 0 saturated heterocycles. The number of ether oxygens (including phenoxy) is 1. The Labute approximate surface area is 151 Å². The van der Waals surface area contributed by atoms with E-state index in [1.165, 1.54) is 6.07 Å². The van der Waals surface area contributed by atoms with Crippen LogP contribution in [0.3, 0.4) is 0 Å². The van der Waals surface area contributed by atoms with Gasteiger partial charge in [-0.25, -0.2) is 4.79 Å². The van der Waals surface area contributed by atoms with Gasteiger partial charge in [-0.15, -0.1) is 0 Å². The fourth-order valence-electron chi connectivity index (χ4n) is 2.86. The minimum atomic E-state index is -1.00. The number of ketones is 3. The van der Waals surface area contributed by atoms with Crippen LogP contribution in [0.1, 0.15) is 55.5 Å². The number of carbonyl (C=O) groups excluding carboxylic acids is 4. The molecule has 0 radical (unpaired) electrons. The quantitative estimate of drug-likeness (QED) is 0.536. The van der Waals surface area contributed by atoms with Crippen molar-refractivity contribution in [1.29, 1.82) is 0 Å². The molecule has 140 valence electrons. The van der Waals surface area contributed by atoms with Crippen LogP contribution in [-0.4, -0.2) is 39.6 Å². The molecule has 1 aliphatic heterocycles. The number of aryl methyl sites for hydroxylation is 1. The number of hydrogen-bond acceptors (Lipinski definition) is 7. The second-order valence-corrected chi connectivity index (χ2v) is 6.65. The summed E-state index contributed by atoms with van der Waals surface area (Å²) in [6.45, 7) is 3.42. The molecule has 0 amide bonds. The Balaban J connectivity index is 2.37. The Bertz CT molecular complexity index is 750. The van der Waals surface area contributed by atoms with Gasteiger partial charge in [-0.1, -0.05) is 6.92 Å². The summed E-state index contributed by atoms with van der Waals surface area (Å²) >= 11 is 0. The molecule has 1 aromatic carbocycles. The largest absolute Gasteiger partial charge is 0.508 e. The summed E-state index contributed by atoms with van der Waals surface area (Å²) in [5.74, 6) is -4.09. The molecule has 7 heteroatoms. The second-order valence-electron chi connectivity index (χ2n) is 6.65. The molecule has 0 fully saturated rings. The monoisotopic (exact) mass is 362 g/mol. The molecule has 0 aliphatic carbocycles. The lowest BCUT2D eigenvalue weighted by Crippen LogP contribution is -2.27. The molecule has 1 heterocycles. The van der Waals surface area contributed by atoms with Gasteiger partial charge in [0.05, 0.1) is 0 Å². The molecule has 0 unspecified atom stereocenters. The van der Waals surface area contributed by atoms with Crippen LogP contribution < -0.4 is 0 Å². The van der Waals surface area contributed by atoms with E-state index in [0.29, 0.717) is 12.0 Å². The SMILES string of the molecule is C[C@@H]1CCC(=O)C(=O)C(=O)CCCc2cc(O)cc(O)c2C(=O)O[C@H]1C. The van der Waals surface area contributed by atoms with Crippen LogP contribution in [0.5, 0.6) is 11.5 Å². The molecule has 1 aliphatic rings. The number of phenols is 2. The molecule has 2 atom stereocenters. The van der Waals surface area contributed by atoms with E-state index in [2.05, 4.69) is 0 Å². The lowest BCUT2D eigenvalue weighted by molar-refractivity contribution is -0.144. The predicted molar refractivity (Wildman–Crippen MR) is 91.0 cm³/mol. The molecule has 7 nitrogen and oxygen atoms in total. The summed E-state index contributed by atoms with van der Waals surface area (Å²) in [4.78, 5) is 48.1. The van der Waals surface area contributed by atoms with Gasteiger partial charge in [0.2, 0.25) is 11.6 Å². The topological polar surface area (TPSA) is 118 Å². The van der Waals surface area contributed by atoms with Crippen molar-refractivity contribution < 1.29 is 34.1 Å². The van der Waals surface area contributed by atoms with E-state index < -0.39 is 35.2 Å². The third-order valence-corrected chi connectivity index (χ3v) is 4.67. The van der Waals surface area contributed by atoms with Crippen LogP contribution in [-0.2, 0) is 25.5 Å². The van der Waals surface area contributed by atoms with E-state index in [0.717, 1.165) is 6.07 Å². The molecule has 1 aromatic rings. The molecule has 0 spiro atoms. The van der Waals surface area contributed by atoms with Gasteiger partial charge < -0.3 is 14.9 Å². The average molecular weight is 362 g/mol. The van der Waals surface area contributed by atoms with Gasteiger partial charge in [0.25, 0.3) is 5.78 Å². The van der Waals surface area contributed by atoms with Crippen molar-refractivity contribution in [2.45, 2.75) is 52.1 Å². The van der Waals surface area contributed by atoms with E-state index in [1.807, 2.05) is 0 Å². The number of fused-ring (bicyclic) bond motifs is 1. The highest BCUT2D eigenvalue weighted by molar-refractivity contribution is 6.63. The van der Waals surface area contributed by atoms with Gasteiger partial charge >= 0.3 is 5.97 Å². The van der Waals surface area contributed by atoms with Crippen molar-refractivity contribution >= 4 is 23.3 Å². The Hall–Kier alpha value is -2.70. The number of benzene rings is 1. The molecular weight excluding hydrogens is 340 g/mol. The highest BCUT2D eigenvalue weighted by Gasteiger charge is 2.27. The van der Waals surface area contributed by atoms with Crippen molar-refractivity contribution in [2.75, 3.05) is 0 Å². The molecule has 26 heavy (non-hydrogen) atoms. The van der Waals surface area contributed by atoms with E-state index >= 15 is 0 Å². The summed E-state index contributed by atoms with van der Waals surface area (Å²) in [6, 6.07) is 2.36. The van der Waals surface area contributed by atoms with E-state index in [1.54, 1.807) is 13.8 Å². The number of Topliss-reactive ketones (excluding diaryl/α,β-unsaturated/α-hetero) is 3. The highest BCUT2D eigenvalue weighted by atomic mass is 16.5. The smallest absolute Gasteiger partial charge is 0.342 e. The first-order valence-electron chi connectivity index (χ1n) is 8.57. The fraction of sp³-hybridized carbons (Fsp3) is 0.474. The maximum atomic E-state index is 12.5. The highest BCUT2D eigenvalue weighted by Crippen LogP contribution is 2.30. The van der Waals surface area contributed by atoms with Crippen LogP contribution in [0, 0.1) is 5.92 Å². The number of esters is 1. The summed E-state index contributed by atoms with van der Waals surface area (Å²) in [5.41, 5.74) is 0.254. The van der Waals surface area contributed by atoms with Gasteiger partial charge in [0.15, 0.2) is 0 Å². The number of phenolic OH excluding ortho intramolecular Hbond substituents is 2. The minimum absolute atomic E-state index is 0.0613. The number of cyclic esters (lactones) is 1. The Morgan fingerprint density at radius 3 is 2.31 bits per heavy atom. The predicted octanol–water partition coefficient (Wildman–Crippen LogP) is 2.10. The zero-order chi connectivity index (χ0) is 19.4. The number of rotatable bonds is 0. The van der Waals surface area contributed by atoms with Gasteiger partial charge in [0, 0.05) is 18.9 Å². The molecular formula is C19H22O7.